The second-order valence-electron chi connectivity index (χ2n) is 4.65. The molecule has 0 heterocycles. The fraction of sp³-hybridized carbons (Fsp3) is 0.176. The number of rotatable bonds is 6. The summed E-state index contributed by atoms with van der Waals surface area (Å²) >= 11 is 6.77. The van der Waals surface area contributed by atoms with Crippen LogP contribution in [0.2, 0.25) is 0 Å². The van der Waals surface area contributed by atoms with Gasteiger partial charge >= 0.3 is 0 Å². The van der Waals surface area contributed by atoms with Crippen LogP contribution in [0.1, 0.15) is 22.8 Å². The third-order valence-electron chi connectivity index (χ3n) is 3.03. The Morgan fingerprint density at radius 2 is 2.00 bits per heavy atom. The predicted octanol–water partition coefficient (Wildman–Crippen LogP) is 4.38. The van der Waals surface area contributed by atoms with Crippen molar-refractivity contribution in [3.63, 3.8) is 0 Å². The van der Waals surface area contributed by atoms with E-state index < -0.39 is 0 Å². The third-order valence-corrected chi connectivity index (χ3v) is 4.31. The molecule has 0 aliphatic carbocycles. The van der Waals surface area contributed by atoms with Crippen molar-refractivity contribution < 1.29 is 14.3 Å². The highest BCUT2D eigenvalue weighted by molar-refractivity contribution is 9.10. The summed E-state index contributed by atoms with van der Waals surface area (Å²) in [5, 5.41) is 3.99. The maximum absolute atomic E-state index is 12.1. The molecule has 2 aromatic carbocycles. The molecule has 0 aromatic heterocycles. The molecule has 0 aliphatic heterocycles. The first-order valence-corrected chi connectivity index (χ1v) is 8.73. The lowest BCUT2D eigenvalue weighted by Crippen LogP contribution is -2.18. The Hall–Kier alpha value is -1.86. The molecule has 0 unspecified atom stereocenters. The van der Waals surface area contributed by atoms with Crippen LogP contribution in [0.25, 0.3) is 0 Å². The molecule has 0 atom stereocenters. The molecule has 126 valence electrons. The Morgan fingerprint density at radius 3 is 2.67 bits per heavy atom. The van der Waals surface area contributed by atoms with Crippen molar-refractivity contribution in [1.82, 2.24) is 5.43 Å². The lowest BCUT2D eigenvalue weighted by atomic mass is 10.2. The summed E-state index contributed by atoms with van der Waals surface area (Å²) in [5.41, 5.74) is 3.78. The van der Waals surface area contributed by atoms with E-state index in [1.165, 1.54) is 0 Å². The van der Waals surface area contributed by atoms with Gasteiger partial charge in [0.15, 0.2) is 11.5 Å². The molecule has 5 nitrogen and oxygen atoms in total. The van der Waals surface area contributed by atoms with E-state index in [9.17, 15) is 4.79 Å². The van der Waals surface area contributed by atoms with Crippen LogP contribution in [0.5, 0.6) is 11.5 Å². The second-order valence-corrected chi connectivity index (χ2v) is 6.35. The number of nitrogens with one attached hydrogen (secondary N) is 1. The molecule has 2 aromatic rings. The van der Waals surface area contributed by atoms with Crippen LogP contribution in [0.15, 0.2) is 50.4 Å². The quantitative estimate of drug-likeness (QED) is 0.519. The molecule has 0 bridgehead atoms. The smallest absolute Gasteiger partial charge is 0.272 e. The summed E-state index contributed by atoms with van der Waals surface area (Å²) in [4.78, 5) is 12.1. The van der Waals surface area contributed by atoms with E-state index in [1.807, 2.05) is 19.1 Å². The van der Waals surface area contributed by atoms with Gasteiger partial charge in [0.25, 0.3) is 5.91 Å². The maximum Gasteiger partial charge on any atom is 0.272 e. The zero-order chi connectivity index (χ0) is 17.5. The topological polar surface area (TPSA) is 59.9 Å². The Kier molecular flexibility index (Phi) is 6.81. The SMILES string of the molecule is CCOc1cc(/C=N\NC(=O)c2ccccc2Br)cc(Br)c1OC. The van der Waals surface area contributed by atoms with Gasteiger partial charge in [0.2, 0.25) is 0 Å². The minimum atomic E-state index is -0.295. The van der Waals surface area contributed by atoms with E-state index in [4.69, 9.17) is 9.47 Å². The van der Waals surface area contributed by atoms with Crippen molar-refractivity contribution >= 4 is 44.0 Å². The van der Waals surface area contributed by atoms with Gasteiger partial charge in [0.1, 0.15) is 0 Å². The Bertz CT molecular complexity index is 763. The monoisotopic (exact) mass is 454 g/mol. The third kappa shape index (κ3) is 4.58. The van der Waals surface area contributed by atoms with Gasteiger partial charge in [0, 0.05) is 4.47 Å². The summed E-state index contributed by atoms with van der Waals surface area (Å²) in [6, 6.07) is 10.8. The molecule has 2 rings (SSSR count). The minimum absolute atomic E-state index is 0.295. The van der Waals surface area contributed by atoms with E-state index in [1.54, 1.807) is 37.6 Å². The highest BCUT2D eigenvalue weighted by Gasteiger charge is 2.11. The summed E-state index contributed by atoms with van der Waals surface area (Å²) in [6.07, 6.45) is 1.54. The molecule has 1 amide bonds. The number of amides is 1. The standard InChI is InChI=1S/C17H16Br2N2O3/c1-3-24-15-9-11(8-14(19)16(15)23-2)10-20-21-17(22)12-6-4-5-7-13(12)18/h4-10H,3H2,1-2H3,(H,21,22)/b20-10-. The molecule has 24 heavy (non-hydrogen) atoms. The maximum atomic E-state index is 12.1. The number of hydrogen-bond donors (Lipinski definition) is 1. The van der Waals surface area contributed by atoms with Gasteiger partial charge < -0.3 is 9.47 Å². The van der Waals surface area contributed by atoms with E-state index in [2.05, 4.69) is 42.4 Å². The van der Waals surface area contributed by atoms with Gasteiger partial charge in [-0.2, -0.15) is 5.10 Å². The van der Waals surface area contributed by atoms with Crippen molar-refractivity contribution in [3.8, 4) is 11.5 Å². The Morgan fingerprint density at radius 1 is 1.25 bits per heavy atom. The average molecular weight is 456 g/mol. The normalized spacial score (nSPS) is 10.7. The van der Waals surface area contributed by atoms with E-state index in [-0.39, 0.29) is 5.91 Å². The van der Waals surface area contributed by atoms with Gasteiger partial charge in [-0.1, -0.05) is 12.1 Å². The summed E-state index contributed by atoms with van der Waals surface area (Å²) in [6.45, 7) is 2.41. The van der Waals surface area contributed by atoms with Crippen LogP contribution in [-0.2, 0) is 0 Å². The molecule has 7 heteroatoms. The molecule has 0 fully saturated rings. The Labute approximate surface area is 157 Å². The number of methoxy groups -OCH3 is 1. The molecule has 0 radical (unpaired) electrons. The predicted molar refractivity (Wildman–Crippen MR) is 101 cm³/mol. The fourth-order valence-corrected chi connectivity index (χ4v) is 3.08. The zero-order valence-corrected chi connectivity index (χ0v) is 16.3. The molecule has 0 saturated heterocycles. The summed E-state index contributed by atoms with van der Waals surface area (Å²) in [5.74, 6) is 0.926. The number of carbonyl (C=O) groups excluding carboxylic acids is 1. The molecular formula is C17H16Br2N2O3. The van der Waals surface area contributed by atoms with Gasteiger partial charge in [-0.15, -0.1) is 0 Å². The number of ether oxygens (including phenoxy) is 2. The van der Waals surface area contributed by atoms with Crippen molar-refractivity contribution in [2.24, 2.45) is 5.10 Å². The first-order chi connectivity index (χ1) is 11.6. The molecule has 0 spiro atoms. The highest BCUT2D eigenvalue weighted by Crippen LogP contribution is 2.36. The Balaban J connectivity index is 2.14. The molecule has 1 N–H and O–H groups in total. The number of benzene rings is 2. The van der Waals surface area contributed by atoms with Gasteiger partial charge in [0.05, 0.1) is 30.0 Å². The lowest BCUT2D eigenvalue weighted by Gasteiger charge is -2.11. The number of hydrogen-bond acceptors (Lipinski definition) is 4. The first kappa shape index (κ1) is 18.5. The largest absolute Gasteiger partial charge is 0.492 e. The highest BCUT2D eigenvalue weighted by atomic mass is 79.9. The van der Waals surface area contributed by atoms with E-state index in [0.29, 0.717) is 28.1 Å². The minimum Gasteiger partial charge on any atom is -0.492 e. The molecule has 0 aliphatic rings. The summed E-state index contributed by atoms with van der Waals surface area (Å²) < 4.78 is 12.3. The summed E-state index contributed by atoms with van der Waals surface area (Å²) in [7, 11) is 1.58. The fourth-order valence-electron chi connectivity index (χ4n) is 1.99. The average Bonchev–Trinajstić information content (AvgIpc) is 2.55. The van der Waals surface area contributed by atoms with Crippen LogP contribution in [0.4, 0.5) is 0 Å². The van der Waals surface area contributed by atoms with Crippen LogP contribution < -0.4 is 14.9 Å². The molecular weight excluding hydrogens is 440 g/mol. The molecule has 0 saturated carbocycles. The number of nitrogens with zero attached hydrogens (tertiary/aromatic N) is 1. The van der Waals surface area contributed by atoms with Crippen LogP contribution in [0, 0.1) is 0 Å². The zero-order valence-electron chi connectivity index (χ0n) is 13.2. The first-order valence-electron chi connectivity index (χ1n) is 7.15. The van der Waals surface area contributed by atoms with Crippen LogP contribution >= 0.6 is 31.9 Å². The van der Waals surface area contributed by atoms with Crippen LogP contribution in [-0.4, -0.2) is 25.8 Å². The number of carbonyl (C=O) groups is 1. The number of halogens is 2. The van der Waals surface area contributed by atoms with E-state index >= 15 is 0 Å². The van der Waals surface area contributed by atoms with Crippen LogP contribution in [0.3, 0.4) is 0 Å². The van der Waals surface area contributed by atoms with Crippen molar-refractivity contribution in [2.45, 2.75) is 6.92 Å². The van der Waals surface area contributed by atoms with Gasteiger partial charge in [-0.25, -0.2) is 5.43 Å². The van der Waals surface area contributed by atoms with E-state index in [0.717, 1.165) is 10.0 Å². The van der Waals surface area contributed by atoms with Crippen molar-refractivity contribution in [1.29, 1.82) is 0 Å². The van der Waals surface area contributed by atoms with Gasteiger partial charge in [-0.3, -0.25) is 4.79 Å². The lowest BCUT2D eigenvalue weighted by molar-refractivity contribution is 0.0954. The second kappa shape index (κ2) is 8.84. The number of hydrazone groups is 1. The van der Waals surface area contributed by atoms with Crippen molar-refractivity contribution in [3.05, 3.63) is 56.5 Å². The van der Waals surface area contributed by atoms with Crippen molar-refractivity contribution in [2.75, 3.05) is 13.7 Å². The van der Waals surface area contributed by atoms with Gasteiger partial charge in [-0.05, 0) is 68.6 Å².